The number of nitrogens with zero attached hydrogens (tertiary/aromatic N) is 4. The highest BCUT2D eigenvalue weighted by Gasteiger charge is 2.26. The van der Waals surface area contributed by atoms with E-state index in [2.05, 4.69) is 20.6 Å². The molecule has 130 valence electrons. The third-order valence-electron chi connectivity index (χ3n) is 4.49. The molecule has 1 aliphatic rings. The zero-order chi connectivity index (χ0) is 17.2. The van der Waals surface area contributed by atoms with Gasteiger partial charge in [-0.25, -0.2) is 0 Å². The molecule has 0 radical (unpaired) electrons. The second kappa shape index (κ2) is 6.68. The summed E-state index contributed by atoms with van der Waals surface area (Å²) in [5, 5.41) is 3.84. The molecule has 1 saturated heterocycles. The van der Waals surface area contributed by atoms with E-state index >= 15 is 0 Å². The first-order valence-electron chi connectivity index (χ1n) is 8.41. The molecule has 25 heavy (non-hydrogen) atoms. The van der Waals surface area contributed by atoms with Crippen molar-refractivity contribution in [3.63, 3.8) is 0 Å². The number of ether oxygens (including phenoxy) is 1. The molecule has 0 unspecified atom stereocenters. The van der Waals surface area contributed by atoms with Crippen molar-refractivity contribution < 1.29 is 14.1 Å². The van der Waals surface area contributed by atoms with E-state index in [9.17, 15) is 4.79 Å². The quantitative estimate of drug-likeness (QED) is 0.729. The summed E-state index contributed by atoms with van der Waals surface area (Å²) < 4.78 is 12.8. The van der Waals surface area contributed by atoms with Gasteiger partial charge in [0.1, 0.15) is 5.76 Å². The summed E-state index contributed by atoms with van der Waals surface area (Å²) in [5.74, 6) is 0.712. The first-order valence-corrected chi connectivity index (χ1v) is 8.41. The van der Waals surface area contributed by atoms with Gasteiger partial charge in [-0.2, -0.15) is 0 Å². The summed E-state index contributed by atoms with van der Waals surface area (Å²) in [6.45, 7) is 4.10. The third-order valence-corrected chi connectivity index (χ3v) is 4.49. The summed E-state index contributed by atoms with van der Waals surface area (Å²) >= 11 is 0. The van der Waals surface area contributed by atoms with Crippen LogP contribution in [-0.4, -0.2) is 51.7 Å². The van der Waals surface area contributed by atoms with Crippen molar-refractivity contribution in [3.8, 4) is 0 Å². The number of hydrogen-bond acceptors (Lipinski definition) is 5. The second-order valence-corrected chi connectivity index (χ2v) is 6.39. The first kappa shape index (κ1) is 15.8. The van der Waals surface area contributed by atoms with Crippen LogP contribution in [0.25, 0.3) is 5.52 Å². The lowest BCUT2D eigenvalue weighted by atomic mass is 10.0. The van der Waals surface area contributed by atoms with E-state index in [4.69, 9.17) is 9.26 Å². The molecule has 7 heteroatoms. The van der Waals surface area contributed by atoms with Crippen LogP contribution < -0.4 is 0 Å². The molecule has 0 aromatic carbocycles. The summed E-state index contributed by atoms with van der Waals surface area (Å²) in [6, 6.07) is 5.74. The van der Waals surface area contributed by atoms with Crippen LogP contribution in [0.5, 0.6) is 0 Å². The molecule has 0 bridgehead atoms. The maximum atomic E-state index is 12.7. The minimum Gasteiger partial charge on any atom is -0.379 e. The minimum absolute atomic E-state index is 0.110. The van der Waals surface area contributed by atoms with Gasteiger partial charge in [-0.15, -0.1) is 0 Å². The Hall–Kier alpha value is -2.67. The fourth-order valence-corrected chi connectivity index (χ4v) is 3.28. The zero-order valence-electron chi connectivity index (χ0n) is 14.1. The summed E-state index contributed by atoms with van der Waals surface area (Å²) in [4.78, 5) is 19.0. The molecule has 7 nitrogen and oxygen atoms in total. The summed E-state index contributed by atoms with van der Waals surface area (Å²) in [7, 11) is 0. The van der Waals surface area contributed by atoms with E-state index in [1.165, 1.54) is 0 Å². The van der Waals surface area contributed by atoms with Gasteiger partial charge in [0.25, 0.3) is 5.91 Å². The van der Waals surface area contributed by atoms with Gasteiger partial charge in [0.15, 0.2) is 5.69 Å². The maximum Gasteiger partial charge on any atom is 0.276 e. The van der Waals surface area contributed by atoms with Crippen molar-refractivity contribution in [3.05, 3.63) is 53.9 Å². The van der Waals surface area contributed by atoms with Crippen LogP contribution in [-0.2, 0) is 11.2 Å². The van der Waals surface area contributed by atoms with E-state index in [1.807, 2.05) is 18.5 Å². The standard InChI is InChI=1S/C18H20N4O3/c1-13-9-16(20-25-13)18(23)22-7-8-24-12-14(11-22)10-15-17-3-2-5-21(17)6-4-19-15/h2-6,9,14H,7-8,10-12H2,1H3/t14-/m0/s1. The van der Waals surface area contributed by atoms with Crippen LogP contribution in [0.1, 0.15) is 21.9 Å². The van der Waals surface area contributed by atoms with Crippen LogP contribution in [0.2, 0.25) is 0 Å². The molecule has 0 N–H and O–H groups in total. The molecule has 1 aliphatic heterocycles. The second-order valence-electron chi connectivity index (χ2n) is 6.39. The number of aryl methyl sites for hydroxylation is 1. The first-order chi connectivity index (χ1) is 12.2. The Balaban J connectivity index is 1.52. The molecule has 3 aromatic rings. The highest BCUT2D eigenvalue weighted by atomic mass is 16.5. The van der Waals surface area contributed by atoms with Crippen LogP contribution in [0, 0.1) is 12.8 Å². The van der Waals surface area contributed by atoms with E-state index in [0.29, 0.717) is 37.8 Å². The Bertz CT molecular complexity index is 885. The lowest BCUT2D eigenvalue weighted by Gasteiger charge is -2.22. The van der Waals surface area contributed by atoms with Crippen LogP contribution in [0.3, 0.4) is 0 Å². The fourth-order valence-electron chi connectivity index (χ4n) is 3.28. The van der Waals surface area contributed by atoms with Gasteiger partial charge >= 0.3 is 0 Å². The van der Waals surface area contributed by atoms with Crippen molar-refractivity contribution >= 4 is 11.4 Å². The number of fused-ring (bicyclic) bond motifs is 1. The van der Waals surface area contributed by atoms with Crippen molar-refractivity contribution in [2.75, 3.05) is 26.3 Å². The Morgan fingerprint density at radius 1 is 1.40 bits per heavy atom. The molecule has 4 heterocycles. The number of carbonyl (C=O) groups is 1. The predicted octanol–water partition coefficient (Wildman–Crippen LogP) is 1.96. The van der Waals surface area contributed by atoms with E-state index in [-0.39, 0.29) is 11.8 Å². The van der Waals surface area contributed by atoms with E-state index in [1.54, 1.807) is 24.1 Å². The van der Waals surface area contributed by atoms with Gasteiger partial charge in [0.2, 0.25) is 0 Å². The number of hydrogen-bond donors (Lipinski definition) is 0. The summed E-state index contributed by atoms with van der Waals surface area (Å²) in [6.07, 6.45) is 6.51. The van der Waals surface area contributed by atoms with Gasteiger partial charge in [-0.05, 0) is 25.5 Å². The molecule has 1 atom stereocenters. The van der Waals surface area contributed by atoms with Gasteiger partial charge in [-0.1, -0.05) is 5.16 Å². The highest BCUT2D eigenvalue weighted by molar-refractivity contribution is 5.92. The van der Waals surface area contributed by atoms with Crippen LogP contribution >= 0.6 is 0 Å². The average Bonchev–Trinajstić information content (AvgIpc) is 3.20. The van der Waals surface area contributed by atoms with Crippen molar-refractivity contribution in [1.29, 1.82) is 0 Å². The molecule has 1 fully saturated rings. The molecular weight excluding hydrogens is 320 g/mol. The fraction of sp³-hybridized carbons (Fsp3) is 0.389. The van der Waals surface area contributed by atoms with Crippen molar-refractivity contribution in [1.82, 2.24) is 19.4 Å². The number of amides is 1. The lowest BCUT2D eigenvalue weighted by Crippen LogP contribution is -2.36. The topological polar surface area (TPSA) is 72.9 Å². The normalized spacial score (nSPS) is 18.4. The van der Waals surface area contributed by atoms with E-state index < -0.39 is 0 Å². The molecule has 0 saturated carbocycles. The zero-order valence-corrected chi connectivity index (χ0v) is 14.1. The minimum atomic E-state index is -0.110. The Labute approximate surface area is 145 Å². The summed E-state index contributed by atoms with van der Waals surface area (Å²) in [5.41, 5.74) is 2.47. The maximum absolute atomic E-state index is 12.7. The largest absolute Gasteiger partial charge is 0.379 e. The highest BCUT2D eigenvalue weighted by Crippen LogP contribution is 2.18. The Morgan fingerprint density at radius 3 is 3.16 bits per heavy atom. The van der Waals surface area contributed by atoms with Crippen LogP contribution in [0.4, 0.5) is 0 Å². The van der Waals surface area contributed by atoms with E-state index in [0.717, 1.165) is 17.6 Å². The molecule has 0 spiro atoms. The lowest BCUT2D eigenvalue weighted by molar-refractivity contribution is 0.0727. The molecule has 1 amide bonds. The van der Waals surface area contributed by atoms with Gasteiger partial charge in [-0.3, -0.25) is 9.78 Å². The number of aromatic nitrogens is 3. The smallest absolute Gasteiger partial charge is 0.276 e. The number of carbonyl (C=O) groups excluding carboxylic acids is 1. The SMILES string of the molecule is Cc1cc(C(=O)N2CCOC[C@@H](Cc3nccn4cccc34)C2)no1. The monoisotopic (exact) mass is 340 g/mol. The van der Waals surface area contributed by atoms with Gasteiger partial charge < -0.3 is 18.6 Å². The van der Waals surface area contributed by atoms with Gasteiger partial charge in [0, 0.05) is 43.7 Å². The Kier molecular flexibility index (Phi) is 4.23. The third kappa shape index (κ3) is 3.28. The van der Waals surface area contributed by atoms with Gasteiger partial charge in [0.05, 0.1) is 24.4 Å². The Morgan fingerprint density at radius 2 is 2.32 bits per heavy atom. The molecule has 0 aliphatic carbocycles. The number of rotatable bonds is 3. The molecule has 4 rings (SSSR count). The molecule has 3 aromatic heterocycles. The van der Waals surface area contributed by atoms with Crippen molar-refractivity contribution in [2.24, 2.45) is 5.92 Å². The van der Waals surface area contributed by atoms with Crippen LogP contribution in [0.15, 0.2) is 41.3 Å². The predicted molar refractivity (Wildman–Crippen MR) is 90.3 cm³/mol. The molecular formula is C18H20N4O3. The average molecular weight is 340 g/mol. The van der Waals surface area contributed by atoms with Crippen molar-refractivity contribution in [2.45, 2.75) is 13.3 Å².